The van der Waals surface area contributed by atoms with Crippen LogP contribution < -0.4 is 0 Å². The maximum absolute atomic E-state index is 13.3. The monoisotopic (exact) mass is 457 g/mol. The molecule has 0 fully saturated rings. The van der Waals surface area contributed by atoms with Crippen LogP contribution in [0.25, 0.3) is 32.9 Å². The maximum Gasteiger partial charge on any atom is 0.340 e. The van der Waals surface area contributed by atoms with E-state index < -0.39 is 10.9 Å². The molecule has 9 heteroatoms. The second kappa shape index (κ2) is 7.99. The van der Waals surface area contributed by atoms with E-state index >= 15 is 0 Å². The summed E-state index contributed by atoms with van der Waals surface area (Å²) >= 11 is 0. The third kappa shape index (κ3) is 2.99. The van der Waals surface area contributed by atoms with Gasteiger partial charge in [-0.15, -0.1) is 0 Å². The number of rotatable bonds is 5. The predicted molar refractivity (Wildman–Crippen MR) is 127 cm³/mol. The van der Waals surface area contributed by atoms with Gasteiger partial charge in [0.1, 0.15) is 6.07 Å². The van der Waals surface area contributed by atoms with Crippen LogP contribution in [0.2, 0.25) is 0 Å². The predicted octanol–water partition coefficient (Wildman–Crippen LogP) is 4.66. The van der Waals surface area contributed by atoms with Crippen molar-refractivity contribution in [3.05, 3.63) is 56.9 Å². The smallest absolute Gasteiger partial charge is 0.340 e. The summed E-state index contributed by atoms with van der Waals surface area (Å²) in [6, 6.07) is 6.97. The lowest BCUT2D eigenvalue weighted by atomic mass is 9.82. The number of nitriles is 1. The van der Waals surface area contributed by atoms with Crippen molar-refractivity contribution in [2.24, 2.45) is 7.05 Å². The zero-order valence-corrected chi connectivity index (χ0v) is 19.2. The Morgan fingerprint density at radius 3 is 2.79 bits per heavy atom. The van der Waals surface area contributed by atoms with Crippen LogP contribution >= 0.6 is 0 Å². The largest absolute Gasteiger partial charge is 0.462 e. The molecule has 0 saturated heterocycles. The van der Waals surface area contributed by atoms with Crippen LogP contribution in [0.3, 0.4) is 0 Å². The number of hydrogen-bond donors (Lipinski definition) is 0. The molecule has 1 aliphatic carbocycles. The topological polar surface area (TPSA) is 116 Å². The molecule has 0 amide bonds. The summed E-state index contributed by atoms with van der Waals surface area (Å²) in [4.78, 5) is 24.4. The summed E-state index contributed by atoms with van der Waals surface area (Å²) in [5, 5.41) is 27.6. The lowest BCUT2D eigenvalue weighted by Gasteiger charge is -2.22. The SMILES string of the molecule is CCCn1c2ccc([N+](=O)[O-])cc2c2c(C#N)c(C(=O)OCC)c3c(c21)CCc1nn(C)cc1-3. The number of benzene rings is 2. The average Bonchev–Trinajstić information content (AvgIpc) is 3.35. The number of fused-ring (bicyclic) bond motifs is 7. The molecule has 1 aliphatic rings. The summed E-state index contributed by atoms with van der Waals surface area (Å²) < 4.78 is 9.25. The van der Waals surface area contributed by atoms with Crippen molar-refractivity contribution in [3.8, 4) is 17.2 Å². The molecule has 0 unspecified atom stereocenters. The van der Waals surface area contributed by atoms with Crippen LogP contribution in [0, 0.1) is 21.4 Å². The third-order valence-corrected chi connectivity index (χ3v) is 6.42. The van der Waals surface area contributed by atoms with Crippen molar-refractivity contribution in [1.82, 2.24) is 14.3 Å². The second-order valence-electron chi connectivity index (χ2n) is 8.43. The Bertz CT molecular complexity index is 1550. The average molecular weight is 457 g/mol. The summed E-state index contributed by atoms with van der Waals surface area (Å²) in [6.07, 6.45) is 4.04. The Balaban J connectivity index is 2.05. The van der Waals surface area contributed by atoms with Crippen LogP contribution in [0.15, 0.2) is 24.4 Å². The molecule has 2 aromatic heterocycles. The van der Waals surface area contributed by atoms with Gasteiger partial charge < -0.3 is 9.30 Å². The zero-order valence-electron chi connectivity index (χ0n) is 19.2. The van der Waals surface area contributed by atoms with Gasteiger partial charge in [0.25, 0.3) is 5.69 Å². The molecule has 0 bridgehead atoms. The van der Waals surface area contributed by atoms with Gasteiger partial charge in [-0.05, 0) is 37.8 Å². The highest BCUT2D eigenvalue weighted by molar-refractivity contribution is 6.18. The highest BCUT2D eigenvalue weighted by Crippen LogP contribution is 2.46. The van der Waals surface area contributed by atoms with E-state index in [2.05, 4.69) is 22.7 Å². The second-order valence-corrected chi connectivity index (χ2v) is 8.43. The van der Waals surface area contributed by atoms with Crippen LogP contribution in [-0.4, -0.2) is 31.8 Å². The number of hydrogen-bond acceptors (Lipinski definition) is 6. The first kappa shape index (κ1) is 21.6. The molecule has 0 spiro atoms. The third-order valence-electron chi connectivity index (χ3n) is 6.42. The van der Waals surface area contributed by atoms with Crippen molar-refractivity contribution < 1.29 is 14.5 Å². The molecule has 0 radical (unpaired) electrons. The van der Waals surface area contributed by atoms with E-state index in [1.807, 2.05) is 13.2 Å². The standard InChI is InChI=1S/C25H23N5O4/c1-4-10-29-20-9-6-14(30(32)33)11-16(20)22-17(12-26)23(25(31)34-5-2)21-15(24(22)29)7-8-19-18(21)13-28(3)27-19/h6,9,11,13H,4-5,7-8,10H2,1-3H3. The number of non-ortho nitro benzene ring substituents is 1. The summed E-state index contributed by atoms with van der Waals surface area (Å²) in [7, 11) is 1.83. The Morgan fingerprint density at radius 1 is 1.32 bits per heavy atom. The fourth-order valence-corrected chi connectivity index (χ4v) is 5.23. The van der Waals surface area contributed by atoms with Gasteiger partial charge in [-0.3, -0.25) is 14.8 Å². The number of aryl methyl sites for hydroxylation is 4. The summed E-state index contributed by atoms with van der Waals surface area (Å²) in [5.74, 6) is -0.573. The van der Waals surface area contributed by atoms with Gasteiger partial charge in [-0.1, -0.05) is 6.92 Å². The number of aromatic nitrogens is 3. The van der Waals surface area contributed by atoms with Crippen LogP contribution in [0.5, 0.6) is 0 Å². The van der Waals surface area contributed by atoms with Gasteiger partial charge in [0.15, 0.2) is 0 Å². The maximum atomic E-state index is 13.3. The highest BCUT2D eigenvalue weighted by Gasteiger charge is 2.33. The first-order valence-electron chi connectivity index (χ1n) is 11.3. The Morgan fingerprint density at radius 2 is 2.12 bits per heavy atom. The summed E-state index contributed by atoms with van der Waals surface area (Å²) in [5.41, 5.74) is 5.33. The molecular weight excluding hydrogens is 434 g/mol. The Hall–Kier alpha value is -4.19. The van der Waals surface area contributed by atoms with Crippen molar-refractivity contribution in [2.75, 3.05) is 6.61 Å². The van der Waals surface area contributed by atoms with Gasteiger partial charge in [0.05, 0.1) is 33.9 Å². The van der Waals surface area contributed by atoms with Crippen molar-refractivity contribution >= 4 is 33.5 Å². The first-order valence-corrected chi connectivity index (χ1v) is 11.3. The Labute approximate surface area is 195 Å². The van der Waals surface area contributed by atoms with Crippen LogP contribution in [0.1, 0.15) is 47.4 Å². The molecule has 9 nitrogen and oxygen atoms in total. The number of nitro groups is 1. The van der Waals surface area contributed by atoms with E-state index in [4.69, 9.17) is 4.74 Å². The zero-order chi connectivity index (χ0) is 24.1. The van der Waals surface area contributed by atoms with Crippen LogP contribution in [0.4, 0.5) is 5.69 Å². The van der Waals surface area contributed by atoms with E-state index in [9.17, 15) is 20.2 Å². The molecule has 0 atom stereocenters. The van der Waals surface area contributed by atoms with Crippen molar-refractivity contribution in [2.45, 2.75) is 39.7 Å². The molecular formula is C25H23N5O4. The fraction of sp³-hybridized carbons (Fsp3) is 0.320. The number of ether oxygens (including phenoxy) is 1. The minimum absolute atomic E-state index is 0.0584. The highest BCUT2D eigenvalue weighted by atomic mass is 16.6. The molecule has 0 saturated carbocycles. The number of esters is 1. The van der Waals surface area contributed by atoms with Gasteiger partial charge >= 0.3 is 5.97 Å². The fourth-order valence-electron chi connectivity index (χ4n) is 5.23. The van der Waals surface area contributed by atoms with E-state index in [1.54, 1.807) is 17.7 Å². The molecule has 34 heavy (non-hydrogen) atoms. The lowest BCUT2D eigenvalue weighted by molar-refractivity contribution is -0.384. The van der Waals surface area contributed by atoms with Crippen LogP contribution in [-0.2, 0) is 31.2 Å². The van der Waals surface area contributed by atoms with Gasteiger partial charge in [-0.2, -0.15) is 10.4 Å². The molecule has 5 rings (SSSR count). The number of nitro benzene ring substituents is 1. The number of nitrogens with zero attached hydrogens (tertiary/aromatic N) is 5. The minimum atomic E-state index is -0.573. The first-order chi connectivity index (χ1) is 16.4. The van der Waals surface area contributed by atoms with E-state index in [0.29, 0.717) is 35.7 Å². The molecule has 172 valence electrons. The summed E-state index contributed by atoms with van der Waals surface area (Å²) in [6.45, 7) is 4.63. The normalized spacial score (nSPS) is 12.4. The van der Waals surface area contributed by atoms with E-state index in [1.165, 1.54) is 12.1 Å². The molecule has 0 aliphatic heterocycles. The van der Waals surface area contributed by atoms with Crippen molar-refractivity contribution in [1.29, 1.82) is 5.26 Å². The number of carbonyl (C=O) groups is 1. The quantitative estimate of drug-likeness (QED) is 0.244. The molecule has 2 aromatic carbocycles. The number of carbonyl (C=O) groups excluding carboxylic acids is 1. The van der Waals surface area contributed by atoms with E-state index in [0.717, 1.165) is 34.3 Å². The van der Waals surface area contributed by atoms with Crippen molar-refractivity contribution in [3.63, 3.8) is 0 Å². The minimum Gasteiger partial charge on any atom is -0.462 e. The van der Waals surface area contributed by atoms with Gasteiger partial charge in [-0.25, -0.2) is 4.79 Å². The molecule has 4 aromatic rings. The van der Waals surface area contributed by atoms with Gasteiger partial charge in [0, 0.05) is 59.3 Å². The van der Waals surface area contributed by atoms with E-state index in [-0.39, 0.29) is 23.4 Å². The Kier molecular flexibility index (Phi) is 5.09. The lowest BCUT2D eigenvalue weighted by Crippen LogP contribution is -2.15. The van der Waals surface area contributed by atoms with Gasteiger partial charge in [0.2, 0.25) is 0 Å². The molecule has 2 heterocycles. The molecule has 0 N–H and O–H groups in total.